The molecule has 2 N–H and O–H groups in total. The van der Waals surface area contributed by atoms with Crippen LogP contribution in [-0.4, -0.2) is 45.2 Å². The average molecular weight is 369 g/mol. The first-order valence-electron chi connectivity index (χ1n) is 9.12. The Kier molecular flexibility index (Phi) is 8.32. The fraction of sp³-hybridized carbons (Fsp3) is 0.333. The number of amides is 2. The Bertz CT molecular complexity index is 734. The van der Waals surface area contributed by atoms with E-state index in [4.69, 9.17) is 4.74 Å². The lowest BCUT2D eigenvalue weighted by Crippen LogP contribution is -2.31. The molecule has 2 aromatic carbocycles. The van der Waals surface area contributed by atoms with E-state index in [1.54, 1.807) is 24.1 Å². The predicted octanol–water partition coefficient (Wildman–Crippen LogP) is 2.92. The molecule has 0 saturated heterocycles. The van der Waals surface area contributed by atoms with E-state index in [9.17, 15) is 9.59 Å². The topological polar surface area (TPSA) is 70.7 Å². The van der Waals surface area contributed by atoms with Crippen LogP contribution < -0.4 is 15.5 Å². The molecule has 2 amide bonds. The molecule has 6 nitrogen and oxygen atoms in total. The number of rotatable bonds is 10. The molecule has 2 aromatic rings. The van der Waals surface area contributed by atoms with E-state index >= 15 is 0 Å². The van der Waals surface area contributed by atoms with Crippen LogP contribution >= 0.6 is 0 Å². The zero-order valence-corrected chi connectivity index (χ0v) is 15.9. The minimum Gasteiger partial charge on any atom is -0.385 e. The standard InChI is InChI=1S/C21H27N3O3/c1-3-24(19-11-5-4-6-12-19)21(26)17-9-7-10-18(15-17)23-16-20(25)22-13-8-14-27-2/h4-7,9-12,15,23H,3,8,13-14,16H2,1-2H3,(H,22,25). The number of carbonyl (C=O) groups excluding carboxylic acids is 2. The van der Waals surface area contributed by atoms with E-state index in [-0.39, 0.29) is 18.4 Å². The molecule has 0 bridgehead atoms. The van der Waals surface area contributed by atoms with Gasteiger partial charge in [0.25, 0.3) is 5.91 Å². The summed E-state index contributed by atoms with van der Waals surface area (Å²) in [4.78, 5) is 26.4. The lowest BCUT2D eigenvalue weighted by atomic mass is 10.1. The fourth-order valence-electron chi connectivity index (χ4n) is 2.66. The monoisotopic (exact) mass is 369 g/mol. The van der Waals surface area contributed by atoms with E-state index in [0.29, 0.717) is 25.3 Å². The number of carbonyl (C=O) groups is 2. The first kappa shape index (κ1) is 20.5. The van der Waals surface area contributed by atoms with Crippen LogP contribution in [0.1, 0.15) is 23.7 Å². The zero-order valence-electron chi connectivity index (χ0n) is 15.9. The lowest BCUT2D eigenvalue weighted by Gasteiger charge is -2.21. The molecule has 144 valence electrons. The molecular formula is C21H27N3O3. The second kappa shape index (κ2) is 11.0. The predicted molar refractivity (Wildman–Crippen MR) is 108 cm³/mol. The minimum absolute atomic E-state index is 0.0728. The van der Waals surface area contributed by atoms with Gasteiger partial charge in [0.2, 0.25) is 5.91 Å². The van der Waals surface area contributed by atoms with E-state index in [0.717, 1.165) is 17.8 Å². The molecule has 0 unspecified atom stereocenters. The fourth-order valence-corrected chi connectivity index (χ4v) is 2.66. The maximum Gasteiger partial charge on any atom is 0.258 e. The van der Waals surface area contributed by atoms with Gasteiger partial charge in [-0.3, -0.25) is 9.59 Å². The van der Waals surface area contributed by atoms with Crippen LogP contribution in [0.5, 0.6) is 0 Å². The second-order valence-corrected chi connectivity index (χ2v) is 6.02. The molecule has 6 heteroatoms. The van der Waals surface area contributed by atoms with Crippen LogP contribution in [0.4, 0.5) is 11.4 Å². The quantitative estimate of drug-likeness (QED) is 0.632. The molecule has 0 atom stereocenters. The molecule has 0 spiro atoms. The van der Waals surface area contributed by atoms with Gasteiger partial charge in [0.05, 0.1) is 6.54 Å². The van der Waals surface area contributed by atoms with Gasteiger partial charge < -0.3 is 20.3 Å². The second-order valence-electron chi connectivity index (χ2n) is 6.02. The van der Waals surface area contributed by atoms with Gasteiger partial charge >= 0.3 is 0 Å². The summed E-state index contributed by atoms with van der Waals surface area (Å²) < 4.78 is 4.95. The van der Waals surface area contributed by atoms with Gasteiger partial charge in [0.15, 0.2) is 0 Å². The highest BCUT2D eigenvalue weighted by atomic mass is 16.5. The zero-order chi connectivity index (χ0) is 19.5. The first-order valence-corrected chi connectivity index (χ1v) is 9.12. The van der Waals surface area contributed by atoms with Crippen molar-refractivity contribution in [2.24, 2.45) is 0 Å². The molecule has 2 rings (SSSR count). The minimum atomic E-state index is -0.0951. The van der Waals surface area contributed by atoms with Crippen LogP contribution in [-0.2, 0) is 9.53 Å². The summed E-state index contributed by atoms with van der Waals surface area (Å²) in [5.74, 6) is -0.168. The van der Waals surface area contributed by atoms with Crippen molar-refractivity contribution in [3.05, 3.63) is 60.2 Å². The molecular weight excluding hydrogens is 342 g/mol. The number of para-hydroxylation sites is 1. The number of benzene rings is 2. The highest BCUT2D eigenvalue weighted by molar-refractivity contribution is 6.06. The molecule has 0 radical (unpaired) electrons. The maximum absolute atomic E-state index is 12.9. The molecule has 27 heavy (non-hydrogen) atoms. The van der Waals surface area contributed by atoms with Crippen LogP contribution in [0.2, 0.25) is 0 Å². The lowest BCUT2D eigenvalue weighted by molar-refractivity contribution is -0.119. The number of anilines is 2. The van der Waals surface area contributed by atoms with Gasteiger partial charge in [0.1, 0.15) is 0 Å². The van der Waals surface area contributed by atoms with Crippen molar-refractivity contribution in [3.8, 4) is 0 Å². The van der Waals surface area contributed by atoms with Crippen molar-refractivity contribution in [2.45, 2.75) is 13.3 Å². The Labute approximate surface area is 160 Å². The Hall–Kier alpha value is -2.86. The molecule has 0 aliphatic heterocycles. The van der Waals surface area contributed by atoms with Crippen LogP contribution in [0, 0.1) is 0 Å². The number of nitrogens with zero attached hydrogens (tertiary/aromatic N) is 1. The normalized spacial score (nSPS) is 10.3. The van der Waals surface area contributed by atoms with E-state index in [2.05, 4.69) is 10.6 Å². The molecule has 0 aliphatic rings. The number of nitrogens with one attached hydrogen (secondary N) is 2. The number of ether oxygens (including phenoxy) is 1. The van der Waals surface area contributed by atoms with E-state index < -0.39 is 0 Å². The molecule has 0 heterocycles. The Balaban J connectivity index is 1.96. The summed E-state index contributed by atoms with van der Waals surface area (Å²) in [5, 5.41) is 5.88. The van der Waals surface area contributed by atoms with E-state index in [1.165, 1.54) is 0 Å². The summed E-state index contributed by atoms with van der Waals surface area (Å²) in [6.45, 7) is 3.87. The molecule has 0 aliphatic carbocycles. The summed E-state index contributed by atoms with van der Waals surface area (Å²) >= 11 is 0. The summed E-state index contributed by atoms with van der Waals surface area (Å²) in [7, 11) is 1.63. The van der Waals surface area contributed by atoms with Gasteiger partial charge in [-0.15, -0.1) is 0 Å². The summed E-state index contributed by atoms with van der Waals surface area (Å²) in [6.07, 6.45) is 0.776. The summed E-state index contributed by atoms with van der Waals surface area (Å²) in [5.41, 5.74) is 2.17. The average Bonchev–Trinajstić information content (AvgIpc) is 2.71. The van der Waals surface area contributed by atoms with Crippen molar-refractivity contribution < 1.29 is 14.3 Å². The number of hydrogen-bond donors (Lipinski definition) is 2. The molecule has 0 saturated carbocycles. The van der Waals surface area contributed by atoms with E-state index in [1.807, 2.05) is 49.4 Å². The van der Waals surface area contributed by atoms with Crippen molar-refractivity contribution in [3.63, 3.8) is 0 Å². The largest absolute Gasteiger partial charge is 0.385 e. The SMILES string of the molecule is CCN(C(=O)c1cccc(NCC(=O)NCCCOC)c1)c1ccccc1. The molecule has 0 aromatic heterocycles. The Morgan fingerprint density at radius 2 is 1.85 bits per heavy atom. The third-order valence-corrected chi connectivity index (χ3v) is 4.04. The van der Waals surface area contributed by atoms with Crippen LogP contribution in [0.25, 0.3) is 0 Å². The van der Waals surface area contributed by atoms with Gasteiger partial charge in [-0.2, -0.15) is 0 Å². The highest BCUT2D eigenvalue weighted by Gasteiger charge is 2.16. The number of methoxy groups -OCH3 is 1. The van der Waals surface area contributed by atoms with Crippen molar-refractivity contribution in [1.82, 2.24) is 5.32 Å². The highest BCUT2D eigenvalue weighted by Crippen LogP contribution is 2.18. The van der Waals surface area contributed by atoms with Crippen molar-refractivity contribution in [2.75, 3.05) is 43.6 Å². The molecule has 0 fully saturated rings. The van der Waals surface area contributed by atoms with Crippen molar-refractivity contribution in [1.29, 1.82) is 0 Å². The summed E-state index contributed by atoms with van der Waals surface area (Å²) in [6, 6.07) is 16.8. The third kappa shape index (κ3) is 6.42. The smallest absolute Gasteiger partial charge is 0.258 e. The Morgan fingerprint density at radius 1 is 1.07 bits per heavy atom. The van der Waals surface area contributed by atoms with Gasteiger partial charge in [-0.1, -0.05) is 24.3 Å². The first-order chi connectivity index (χ1) is 13.2. The van der Waals surface area contributed by atoms with Gasteiger partial charge in [0, 0.05) is 43.7 Å². The van der Waals surface area contributed by atoms with Crippen LogP contribution in [0.3, 0.4) is 0 Å². The third-order valence-electron chi connectivity index (χ3n) is 4.04. The maximum atomic E-state index is 12.9. The van der Waals surface area contributed by atoms with Crippen LogP contribution in [0.15, 0.2) is 54.6 Å². The Morgan fingerprint density at radius 3 is 2.56 bits per heavy atom. The van der Waals surface area contributed by atoms with Crippen molar-refractivity contribution >= 4 is 23.2 Å². The van der Waals surface area contributed by atoms with Gasteiger partial charge in [-0.25, -0.2) is 0 Å². The van der Waals surface area contributed by atoms with Gasteiger partial charge in [-0.05, 0) is 43.7 Å². The number of hydrogen-bond acceptors (Lipinski definition) is 4.